The van der Waals surface area contributed by atoms with Crippen molar-refractivity contribution in [1.82, 2.24) is 19.3 Å². The molecule has 0 amide bonds. The van der Waals surface area contributed by atoms with Crippen molar-refractivity contribution in [2.45, 2.75) is 33.4 Å². The molecule has 3 aromatic rings. The maximum atomic E-state index is 5.85. The molecule has 1 aliphatic heterocycles. The first-order chi connectivity index (χ1) is 13.2. The lowest BCUT2D eigenvalue weighted by atomic mass is 10.1. The Kier molecular flexibility index (Phi) is 4.75. The van der Waals surface area contributed by atoms with Gasteiger partial charge in [0, 0.05) is 42.7 Å². The highest BCUT2D eigenvalue weighted by molar-refractivity contribution is 5.70. The van der Waals surface area contributed by atoms with Gasteiger partial charge in [0.1, 0.15) is 11.6 Å². The van der Waals surface area contributed by atoms with Gasteiger partial charge in [0.15, 0.2) is 11.5 Å². The van der Waals surface area contributed by atoms with Crippen molar-refractivity contribution < 1.29 is 14.2 Å². The van der Waals surface area contributed by atoms with Crippen LogP contribution in [0.4, 0.5) is 0 Å². The molecular weight excluding hydrogens is 344 g/mol. The molecule has 1 aliphatic rings. The quantitative estimate of drug-likeness (QED) is 0.691. The number of nitrogens with zero attached hydrogens (tertiary/aromatic N) is 4. The van der Waals surface area contributed by atoms with Crippen LogP contribution in [0, 0.1) is 6.92 Å². The predicted octanol–water partition coefficient (Wildman–Crippen LogP) is 3.29. The second-order valence-electron chi connectivity index (χ2n) is 6.50. The van der Waals surface area contributed by atoms with Crippen LogP contribution in [0.15, 0.2) is 30.7 Å². The number of fused-ring (bicyclic) bond motifs is 1. The molecule has 3 heterocycles. The van der Waals surface area contributed by atoms with E-state index in [1.54, 1.807) is 13.3 Å². The molecule has 0 fully saturated rings. The minimum absolute atomic E-state index is 0.641. The van der Waals surface area contributed by atoms with Crippen molar-refractivity contribution in [2.24, 2.45) is 0 Å². The normalized spacial score (nSPS) is 13.4. The lowest BCUT2D eigenvalue weighted by molar-refractivity contribution is 0.296. The molecule has 0 saturated carbocycles. The highest BCUT2D eigenvalue weighted by Crippen LogP contribution is 2.40. The standard InChI is InChI=1S/C20H24N4O3/c1-4-24-14(2)15(12-22-24)13-23-7-6-21-20(23)16-10-18-19(11-17(16)25-3)27-9-5-8-26-18/h6-7,10-12H,4-5,8-9,13H2,1-3H3. The van der Waals surface area contributed by atoms with Crippen molar-refractivity contribution in [1.29, 1.82) is 0 Å². The van der Waals surface area contributed by atoms with E-state index in [1.165, 1.54) is 11.3 Å². The van der Waals surface area contributed by atoms with Gasteiger partial charge in [-0.15, -0.1) is 0 Å². The third kappa shape index (κ3) is 3.25. The minimum Gasteiger partial charge on any atom is -0.496 e. The Morgan fingerprint density at radius 2 is 1.96 bits per heavy atom. The molecule has 2 aromatic heterocycles. The fourth-order valence-corrected chi connectivity index (χ4v) is 3.36. The van der Waals surface area contributed by atoms with E-state index >= 15 is 0 Å². The summed E-state index contributed by atoms with van der Waals surface area (Å²) in [5.41, 5.74) is 3.22. The minimum atomic E-state index is 0.641. The SMILES string of the molecule is CCn1ncc(Cn2ccnc2-c2cc3c(cc2OC)OCCCO3)c1C. The largest absolute Gasteiger partial charge is 0.496 e. The van der Waals surface area contributed by atoms with Crippen LogP contribution in [0.2, 0.25) is 0 Å². The molecule has 1 aromatic carbocycles. The average Bonchev–Trinajstić information content (AvgIpc) is 3.21. The van der Waals surface area contributed by atoms with Gasteiger partial charge >= 0.3 is 0 Å². The van der Waals surface area contributed by atoms with Crippen LogP contribution in [-0.4, -0.2) is 39.7 Å². The van der Waals surface area contributed by atoms with Crippen molar-refractivity contribution in [3.05, 3.63) is 42.0 Å². The number of aromatic nitrogens is 4. The molecule has 0 saturated heterocycles. The van der Waals surface area contributed by atoms with Gasteiger partial charge in [-0.25, -0.2) is 4.98 Å². The smallest absolute Gasteiger partial charge is 0.164 e. The number of benzene rings is 1. The van der Waals surface area contributed by atoms with Gasteiger partial charge in [0.25, 0.3) is 0 Å². The number of rotatable bonds is 5. The van der Waals surface area contributed by atoms with E-state index in [-0.39, 0.29) is 0 Å². The molecule has 0 radical (unpaired) electrons. The summed E-state index contributed by atoms with van der Waals surface area (Å²) in [6.45, 7) is 7.02. The van der Waals surface area contributed by atoms with Crippen LogP contribution in [0.3, 0.4) is 0 Å². The molecule has 4 rings (SSSR count). The summed E-state index contributed by atoms with van der Waals surface area (Å²) in [6.07, 6.45) is 6.56. The van der Waals surface area contributed by atoms with Crippen LogP contribution < -0.4 is 14.2 Å². The highest BCUT2D eigenvalue weighted by Gasteiger charge is 2.20. The Balaban J connectivity index is 1.73. The van der Waals surface area contributed by atoms with Gasteiger partial charge in [0.05, 0.1) is 38.6 Å². The van der Waals surface area contributed by atoms with Crippen LogP contribution in [-0.2, 0) is 13.1 Å². The Bertz CT molecular complexity index is 945. The first-order valence-corrected chi connectivity index (χ1v) is 9.21. The topological polar surface area (TPSA) is 63.3 Å². The molecule has 0 unspecified atom stereocenters. The second-order valence-corrected chi connectivity index (χ2v) is 6.50. The maximum Gasteiger partial charge on any atom is 0.164 e. The fraction of sp³-hybridized carbons (Fsp3) is 0.400. The van der Waals surface area contributed by atoms with E-state index in [9.17, 15) is 0 Å². The zero-order valence-electron chi connectivity index (χ0n) is 15.9. The Hall–Kier alpha value is -2.96. The maximum absolute atomic E-state index is 5.85. The summed E-state index contributed by atoms with van der Waals surface area (Å²) in [6, 6.07) is 3.84. The summed E-state index contributed by atoms with van der Waals surface area (Å²) in [5, 5.41) is 4.44. The van der Waals surface area contributed by atoms with Gasteiger partial charge in [-0.2, -0.15) is 5.10 Å². The summed E-state index contributed by atoms with van der Waals surface area (Å²) in [7, 11) is 1.66. The summed E-state index contributed by atoms with van der Waals surface area (Å²) in [4.78, 5) is 4.58. The van der Waals surface area contributed by atoms with E-state index in [2.05, 4.69) is 28.5 Å². The van der Waals surface area contributed by atoms with Gasteiger partial charge < -0.3 is 18.8 Å². The third-order valence-corrected chi connectivity index (χ3v) is 4.87. The summed E-state index contributed by atoms with van der Waals surface area (Å²) in [5.74, 6) is 2.98. The summed E-state index contributed by atoms with van der Waals surface area (Å²) < 4.78 is 21.4. The molecule has 142 valence electrons. The van der Waals surface area contributed by atoms with E-state index in [1.807, 2.05) is 29.2 Å². The molecule has 0 aliphatic carbocycles. The van der Waals surface area contributed by atoms with Crippen LogP contribution in [0.25, 0.3) is 11.4 Å². The number of ether oxygens (including phenoxy) is 3. The number of aryl methyl sites for hydroxylation is 1. The van der Waals surface area contributed by atoms with Crippen molar-refractivity contribution in [3.63, 3.8) is 0 Å². The number of hydrogen-bond donors (Lipinski definition) is 0. The predicted molar refractivity (Wildman–Crippen MR) is 102 cm³/mol. The van der Waals surface area contributed by atoms with Crippen molar-refractivity contribution in [3.8, 4) is 28.6 Å². The third-order valence-electron chi connectivity index (χ3n) is 4.87. The zero-order valence-corrected chi connectivity index (χ0v) is 15.9. The molecule has 0 N–H and O–H groups in total. The first-order valence-electron chi connectivity index (χ1n) is 9.21. The molecule has 0 spiro atoms. The Morgan fingerprint density at radius 1 is 1.19 bits per heavy atom. The highest BCUT2D eigenvalue weighted by atomic mass is 16.5. The van der Waals surface area contributed by atoms with Crippen molar-refractivity contribution in [2.75, 3.05) is 20.3 Å². The number of methoxy groups -OCH3 is 1. The molecule has 0 bridgehead atoms. The number of hydrogen-bond acceptors (Lipinski definition) is 5. The van der Waals surface area contributed by atoms with E-state index in [0.717, 1.165) is 30.1 Å². The van der Waals surface area contributed by atoms with Crippen LogP contribution in [0.1, 0.15) is 24.6 Å². The fourth-order valence-electron chi connectivity index (χ4n) is 3.36. The average molecular weight is 368 g/mol. The van der Waals surface area contributed by atoms with Gasteiger partial charge in [-0.05, 0) is 19.9 Å². The summed E-state index contributed by atoms with van der Waals surface area (Å²) >= 11 is 0. The lowest BCUT2D eigenvalue weighted by Crippen LogP contribution is -2.05. The molecule has 7 heteroatoms. The molecule has 7 nitrogen and oxygen atoms in total. The second kappa shape index (κ2) is 7.34. The molecular formula is C20H24N4O3. The zero-order chi connectivity index (χ0) is 18.8. The first kappa shape index (κ1) is 17.5. The van der Waals surface area contributed by atoms with Crippen LogP contribution in [0.5, 0.6) is 17.2 Å². The van der Waals surface area contributed by atoms with Crippen molar-refractivity contribution >= 4 is 0 Å². The van der Waals surface area contributed by atoms with E-state index in [4.69, 9.17) is 14.2 Å². The van der Waals surface area contributed by atoms with Gasteiger partial charge in [-0.3, -0.25) is 4.68 Å². The van der Waals surface area contributed by atoms with Gasteiger partial charge in [0.2, 0.25) is 0 Å². The van der Waals surface area contributed by atoms with Crippen LogP contribution >= 0.6 is 0 Å². The lowest BCUT2D eigenvalue weighted by Gasteiger charge is -2.15. The monoisotopic (exact) mass is 368 g/mol. The Morgan fingerprint density at radius 3 is 2.67 bits per heavy atom. The molecule has 0 atom stereocenters. The van der Waals surface area contributed by atoms with Gasteiger partial charge in [-0.1, -0.05) is 0 Å². The molecule has 27 heavy (non-hydrogen) atoms. The Labute approximate surface area is 158 Å². The number of imidazole rings is 1. The van der Waals surface area contributed by atoms with E-state index in [0.29, 0.717) is 31.3 Å². The van der Waals surface area contributed by atoms with E-state index < -0.39 is 0 Å².